The molecule has 1 rings (SSSR count). The second-order valence-corrected chi connectivity index (χ2v) is 6.44. The van der Waals surface area contributed by atoms with E-state index >= 15 is 0 Å². The van der Waals surface area contributed by atoms with Crippen molar-refractivity contribution in [1.29, 1.82) is 0 Å². The van der Waals surface area contributed by atoms with Crippen LogP contribution in [-0.2, 0) is 13.8 Å². The lowest BCUT2D eigenvalue weighted by Crippen LogP contribution is -2.14. The number of benzene rings is 1. The Morgan fingerprint density at radius 1 is 1.05 bits per heavy atom. The Labute approximate surface area is 115 Å². The lowest BCUT2D eigenvalue weighted by molar-refractivity contribution is -0.131. The molecule has 1 aromatic carbocycles. The standard InChI is InChI=1S/C11H12ClNO5P/c1-7(14)9-3-5-10(6-4-9)11(16)18-19(12,13)17-8(2)15/h3-6H,13H2,1-2H3/q+1. The summed E-state index contributed by atoms with van der Waals surface area (Å²) in [5, 5.41) is 0. The number of rotatable bonds is 4. The minimum Gasteiger partial charge on any atom is -0.295 e. The summed E-state index contributed by atoms with van der Waals surface area (Å²) >= 11 is 5.61. The molecular formula is C11H12ClNO5P+. The summed E-state index contributed by atoms with van der Waals surface area (Å²) in [7, 11) is -3.54. The van der Waals surface area contributed by atoms with Crippen molar-refractivity contribution in [3.05, 3.63) is 35.4 Å². The van der Waals surface area contributed by atoms with E-state index in [9.17, 15) is 14.4 Å². The van der Waals surface area contributed by atoms with Gasteiger partial charge in [-0.05, 0) is 19.1 Å². The number of hydrogen-bond acceptors (Lipinski definition) is 6. The zero-order valence-corrected chi connectivity index (χ0v) is 11.9. The fourth-order valence-electron chi connectivity index (χ4n) is 1.20. The highest BCUT2D eigenvalue weighted by Crippen LogP contribution is 2.58. The van der Waals surface area contributed by atoms with Crippen LogP contribution >= 0.6 is 18.5 Å². The van der Waals surface area contributed by atoms with E-state index in [1.54, 1.807) is 0 Å². The van der Waals surface area contributed by atoms with Gasteiger partial charge in [-0.15, -0.1) is 5.50 Å². The van der Waals surface area contributed by atoms with E-state index in [1.165, 1.54) is 31.2 Å². The first-order chi connectivity index (χ1) is 8.71. The number of ketones is 1. The van der Waals surface area contributed by atoms with Gasteiger partial charge in [-0.2, -0.15) is 0 Å². The lowest BCUT2D eigenvalue weighted by Gasteiger charge is -2.08. The molecule has 0 spiro atoms. The average Bonchev–Trinajstić information content (AvgIpc) is 2.26. The van der Waals surface area contributed by atoms with Crippen molar-refractivity contribution < 1.29 is 23.4 Å². The van der Waals surface area contributed by atoms with Crippen LogP contribution in [0.5, 0.6) is 0 Å². The molecule has 1 aromatic rings. The predicted octanol–water partition coefficient (Wildman–Crippen LogP) is 2.48. The molecule has 0 saturated heterocycles. The molecule has 0 amide bonds. The second-order valence-electron chi connectivity index (χ2n) is 3.62. The second kappa shape index (κ2) is 6.10. The Morgan fingerprint density at radius 3 is 1.95 bits per heavy atom. The molecule has 1 unspecified atom stereocenters. The smallest absolute Gasteiger partial charge is 0.295 e. The van der Waals surface area contributed by atoms with Crippen LogP contribution in [0.15, 0.2) is 24.3 Å². The van der Waals surface area contributed by atoms with Crippen LogP contribution in [-0.4, -0.2) is 17.7 Å². The fraction of sp³-hybridized carbons (Fsp3) is 0.182. The molecule has 0 bridgehead atoms. The summed E-state index contributed by atoms with van der Waals surface area (Å²) in [5.41, 5.74) is 5.97. The van der Waals surface area contributed by atoms with E-state index in [-0.39, 0.29) is 11.3 Å². The van der Waals surface area contributed by atoms with E-state index in [0.717, 1.165) is 6.92 Å². The van der Waals surface area contributed by atoms with Crippen molar-refractivity contribution in [3.8, 4) is 0 Å². The molecule has 0 radical (unpaired) electrons. The first-order valence-corrected chi connectivity index (χ1v) is 7.73. The molecule has 0 aliphatic carbocycles. The number of halogens is 1. The van der Waals surface area contributed by atoms with Crippen molar-refractivity contribution in [2.75, 3.05) is 0 Å². The highest BCUT2D eigenvalue weighted by atomic mass is 35.7. The van der Waals surface area contributed by atoms with Gasteiger partial charge < -0.3 is 0 Å². The quantitative estimate of drug-likeness (QED) is 0.678. The van der Waals surface area contributed by atoms with Crippen LogP contribution in [0.3, 0.4) is 0 Å². The van der Waals surface area contributed by atoms with E-state index in [4.69, 9.17) is 21.3 Å². The summed E-state index contributed by atoms with van der Waals surface area (Å²) in [6.07, 6.45) is 0. The summed E-state index contributed by atoms with van der Waals surface area (Å²) in [6, 6.07) is 5.72. The van der Waals surface area contributed by atoms with Crippen LogP contribution in [0.4, 0.5) is 0 Å². The van der Waals surface area contributed by atoms with Gasteiger partial charge in [0.1, 0.15) is 0 Å². The minimum atomic E-state index is -3.54. The molecular weight excluding hydrogens is 293 g/mol. The molecule has 0 aliphatic heterocycles. The highest BCUT2D eigenvalue weighted by molar-refractivity contribution is 7.90. The van der Waals surface area contributed by atoms with Gasteiger partial charge in [0, 0.05) is 12.5 Å². The maximum atomic E-state index is 11.7. The van der Waals surface area contributed by atoms with Crippen LogP contribution in [0.25, 0.3) is 0 Å². The number of nitrogens with two attached hydrogens (primary N) is 1. The van der Waals surface area contributed by atoms with Gasteiger partial charge in [0.25, 0.3) is 0 Å². The van der Waals surface area contributed by atoms with Gasteiger partial charge in [-0.1, -0.05) is 12.1 Å². The fourth-order valence-corrected chi connectivity index (χ4v) is 2.40. The molecule has 2 N–H and O–H groups in total. The van der Waals surface area contributed by atoms with Gasteiger partial charge in [-0.3, -0.25) is 4.79 Å². The van der Waals surface area contributed by atoms with E-state index in [2.05, 4.69) is 4.52 Å². The maximum absolute atomic E-state index is 11.7. The first-order valence-electron chi connectivity index (χ1n) is 5.13. The maximum Gasteiger partial charge on any atom is 0.545 e. The number of carbonyl (C=O) groups is 3. The molecule has 0 aliphatic rings. The molecule has 102 valence electrons. The van der Waals surface area contributed by atoms with Gasteiger partial charge >= 0.3 is 19.2 Å². The van der Waals surface area contributed by atoms with Gasteiger partial charge in [-0.25, -0.2) is 18.6 Å². The van der Waals surface area contributed by atoms with Crippen molar-refractivity contribution in [2.45, 2.75) is 13.8 Å². The Morgan fingerprint density at radius 2 is 1.53 bits per heavy atom. The third-order valence-electron chi connectivity index (χ3n) is 1.99. The zero-order chi connectivity index (χ0) is 14.6. The Hall–Kier alpha value is -1.49. The monoisotopic (exact) mass is 304 g/mol. The van der Waals surface area contributed by atoms with Crippen LogP contribution < -0.4 is 5.50 Å². The van der Waals surface area contributed by atoms with Crippen molar-refractivity contribution in [2.24, 2.45) is 5.50 Å². The molecule has 0 heterocycles. The Bertz CT molecular complexity index is 514. The van der Waals surface area contributed by atoms with Crippen LogP contribution in [0.2, 0.25) is 0 Å². The van der Waals surface area contributed by atoms with Crippen molar-refractivity contribution in [3.63, 3.8) is 0 Å². The third kappa shape index (κ3) is 4.95. The van der Waals surface area contributed by atoms with E-state index in [0.29, 0.717) is 5.56 Å². The topological polar surface area (TPSA) is 95.7 Å². The first kappa shape index (κ1) is 15.6. The van der Waals surface area contributed by atoms with E-state index in [1.807, 2.05) is 0 Å². The normalized spacial score (nSPS) is 13.3. The molecule has 0 fully saturated rings. The minimum absolute atomic E-state index is 0.127. The molecule has 0 saturated carbocycles. The molecule has 1 atom stereocenters. The summed E-state index contributed by atoms with van der Waals surface area (Å²) in [4.78, 5) is 33.5. The lowest BCUT2D eigenvalue weighted by atomic mass is 10.1. The molecule has 0 aromatic heterocycles. The van der Waals surface area contributed by atoms with Crippen molar-refractivity contribution in [1.82, 2.24) is 0 Å². The average molecular weight is 305 g/mol. The Kier molecular flexibility index (Phi) is 5.00. The number of Topliss-reactive ketones (excluding diaryl/α,β-unsaturated/α-hetero) is 1. The number of carbonyl (C=O) groups excluding carboxylic acids is 3. The molecule has 19 heavy (non-hydrogen) atoms. The van der Waals surface area contributed by atoms with Gasteiger partial charge in [0.2, 0.25) is 0 Å². The predicted molar refractivity (Wildman–Crippen MR) is 70.6 cm³/mol. The van der Waals surface area contributed by atoms with E-state index < -0.39 is 19.2 Å². The van der Waals surface area contributed by atoms with Gasteiger partial charge in [0.05, 0.1) is 5.56 Å². The zero-order valence-electron chi connectivity index (χ0n) is 10.3. The summed E-state index contributed by atoms with van der Waals surface area (Å²) in [5.74, 6) is -1.70. The van der Waals surface area contributed by atoms with Crippen molar-refractivity contribution >= 4 is 36.2 Å². The molecule has 6 nitrogen and oxygen atoms in total. The third-order valence-corrected chi connectivity index (χ3v) is 3.32. The summed E-state index contributed by atoms with van der Waals surface area (Å²) < 4.78 is 9.23. The molecule has 8 heteroatoms. The highest BCUT2D eigenvalue weighted by Gasteiger charge is 2.43. The Balaban J connectivity index is 2.78. The number of hydrogen-bond donors (Lipinski definition) is 1. The summed E-state index contributed by atoms with van der Waals surface area (Å²) in [6.45, 7) is 2.50. The van der Waals surface area contributed by atoms with Crippen LogP contribution in [0.1, 0.15) is 34.6 Å². The SMILES string of the molecule is CC(=O)O[P+](N)(Cl)OC(=O)c1ccc(C(C)=O)cc1. The largest absolute Gasteiger partial charge is 0.545 e. The van der Waals surface area contributed by atoms with Gasteiger partial charge in [0.15, 0.2) is 17.0 Å². The van der Waals surface area contributed by atoms with Crippen LogP contribution in [0, 0.1) is 0 Å².